The SMILES string of the molecule is COc1ccc(CN(Cc2ccc(OC)cc2)S(=O)(=O)[C@H](C)[C@@H](C)[C@@H]2C=C([C@H](OC)[C@@H]3CC[C@H]3CO)C2)cc1. The number of hydrogen-bond donors (Lipinski definition) is 1. The molecule has 1 saturated carbocycles. The van der Waals surface area contributed by atoms with Crippen molar-refractivity contribution in [3.63, 3.8) is 0 Å². The molecule has 0 radical (unpaired) electrons. The third-order valence-electron chi connectivity index (χ3n) is 8.90. The van der Waals surface area contributed by atoms with Gasteiger partial charge in [-0.1, -0.05) is 37.3 Å². The maximum absolute atomic E-state index is 14.1. The van der Waals surface area contributed by atoms with Gasteiger partial charge < -0.3 is 19.3 Å². The van der Waals surface area contributed by atoms with E-state index in [0.717, 1.165) is 41.9 Å². The molecule has 8 heteroatoms. The number of aliphatic hydroxyl groups is 1. The van der Waals surface area contributed by atoms with E-state index in [1.54, 1.807) is 25.6 Å². The molecule has 0 heterocycles. The number of methoxy groups -OCH3 is 3. The molecule has 2 aromatic carbocycles. The van der Waals surface area contributed by atoms with Crippen LogP contribution in [0.2, 0.25) is 0 Å². The minimum absolute atomic E-state index is 0.0212. The van der Waals surface area contributed by atoms with Crippen LogP contribution in [0.1, 0.15) is 44.2 Å². The zero-order chi connectivity index (χ0) is 28.2. The lowest BCUT2D eigenvalue weighted by atomic mass is 9.65. The summed E-state index contributed by atoms with van der Waals surface area (Å²) in [4.78, 5) is 0. The Bertz CT molecular complexity index is 1160. The third-order valence-corrected chi connectivity index (χ3v) is 11.2. The van der Waals surface area contributed by atoms with Crippen molar-refractivity contribution in [1.29, 1.82) is 0 Å². The first-order chi connectivity index (χ1) is 18.7. The van der Waals surface area contributed by atoms with E-state index in [-0.39, 0.29) is 37.6 Å². The summed E-state index contributed by atoms with van der Waals surface area (Å²) < 4.78 is 46.2. The topological polar surface area (TPSA) is 85.3 Å². The summed E-state index contributed by atoms with van der Waals surface area (Å²) in [5.74, 6) is 2.25. The van der Waals surface area contributed by atoms with Crippen molar-refractivity contribution in [2.75, 3.05) is 27.9 Å². The Morgan fingerprint density at radius 2 is 1.41 bits per heavy atom. The lowest BCUT2D eigenvalue weighted by molar-refractivity contribution is -0.0227. The fourth-order valence-electron chi connectivity index (χ4n) is 5.84. The fraction of sp³-hybridized carbons (Fsp3) is 0.548. The lowest BCUT2D eigenvalue weighted by Gasteiger charge is -2.45. The summed E-state index contributed by atoms with van der Waals surface area (Å²) in [6, 6.07) is 15.1. The van der Waals surface area contributed by atoms with Crippen LogP contribution in [-0.4, -0.2) is 57.1 Å². The maximum atomic E-state index is 14.1. The summed E-state index contributed by atoms with van der Waals surface area (Å²) in [7, 11) is 1.33. The zero-order valence-corrected chi connectivity index (χ0v) is 24.6. The van der Waals surface area contributed by atoms with Crippen molar-refractivity contribution in [2.24, 2.45) is 23.7 Å². The molecule has 1 N–H and O–H groups in total. The van der Waals surface area contributed by atoms with Crippen molar-refractivity contribution >= 4 is 10.0 Å². The van der Waals surface area contributed by atoms with Crippen LogP contribution in [0.4, 0.5) is 0 Å². The van der Waals surface area contributed by atoms with Gasteiger partial charge in [0.25, 0.3) is 0 Å². The molecule has 2 aliphatic rings. The molecule has 0 unspecified atom stereocenters. The summed E-state index contributed by atoms with van der Waals surface area (Å²) >= 11 is 0. The predicted molar refractivity (Wildman–Crippen MR) is 153 cm³/mol. The molecule has 0 aromatic heterocycles. The van der Waals surface area contributed by atoms with Gasteiger partial charge in [0, 0.05) is 26.8 Å². The molecule has 2 aromatic rings. The second kappa shape index (κ2) is 12.9. The van der Waals surface area contributed by atoms with E-state index in [2.05, 4.69) is 6.08 Å². The predicted octanol–water partition coefficient (Wildman–Crippen LogP) is 5.04. The Morgan fingerprint density at radius 1 is 0.897 bits per heavy atom. The second-order valence-electron chi connectivity index (χ2n) is 11.0. The second-order valence-corrected chi connectivity index (χ2v) is 13.3. The van der Waals surface area contributed by atoms with Crippen molar-refractivity contribution in [3.05, 3.63) is 71.3 Å². The monoisotopic (exact) mass is 557 g/mol. The van der Waals surface area contributed by atoms with Gasteiger partial charge in [0.05, 0.1) is 25.6 Å². The van der Waals surface area contributed by atoms with Gasteiger partial charge in [0.1, 0.15) is 11.5 Å². The Morgan fingerprint density at radius 3 is 1.79 bits per heavy atom. The number of ether oxygens (including phenoxy) is 3. The molecule has 0 amide bonds. The van der Waals surface area contributed by atoms with Gasteiger partial charge in [0.15, 0.2) is 0 Å². The van der Waals surface area contributed by atoms with Gasteiger partial charge in [-0.2, -0.15) is 4.31 Å². The number of aliphatic hydroxyl groups excluding tert-OH is 1. The van der Waals surface area contributed by atoms with Crippen LogP contribution in [0.15, 0.2) is 60.2 Å². The molecule has 2 aliphatic carbocycles. The summed E-state index contributed by atoms with van der Waals surface area (Å²) in [5.41, 5.74) is 3.05. The number of benzene rings is 2. The number of hydrogen-bond acceptors (Lipinski definition) is 6. The van der Waals surface area contributed by atoms with E-state index in [9.17, 15) is 13.5 Å². The van der Waals surface area contributed by atoms with Crippen molar-refractivity contribution in [1.82, 2.24) is 4.31 Å². The largest absolute Gasteiger partial charge is 0.497 e. The summed E-state index contributed by atoms with van der Waals surface area (Å²) in [5, 5.41) is 9.07. The van der Waals surface area contributed by atoms with Crippen molar-refractivity contribution in [2.45, 2.75) is 57.6 Å². The zero-order valence-electron chi connectivity index (χ0n) is 23.7. The molecule has 39 heavy (non-hydrogen) atoms. The molecule has 0 aliphatic heterocycles. The molecule has 4 rings (SSSR count). The van der Waals surface area contributed by atoms with Crippen LogP contribution in [0, 0.1) is 23.7 Å². The summed E-state index contributed by atoms with van der Waals surface area (Å²) in [6.45, 7) is 4.63. The molecule has 0 saturated heterocycles. The van der Waals surface area contributed by atoms with Gasteiger partial charge in [-0.05, 0) is 90.8 Å². The molecule has 0 spiro atoms. The highest BCUT2D eigenvalue weighted by Crippen LogP contribution is 2.46. The van der Waals surface area contributed by atoms with E-state index in [1.165, 1.54) is 5.57 Å². The van der Waals surface area contributed by atoms with Crippen LogP contribution in [0.5, 0.6) is 11.5 Å². The number of nitrogens with zero attached hydrogens (tertiary/aromatic N) is 1. The van der Waals surface area contributed by atoms with E-state index in [0.29, 0.717) is 11.8 Å². The summed E-state index contributed by atoms with van der Waals surface area (Å²) in [6.07, 6.45) is 5.19. The van der Waals surface area contributed by atoms with Gasteiger partial charge >= 0.3 is 0 Å². The first-order valence-electron chi connectivity index (χ1n) is 13.8. The Kier molecular flexibility index (Phi) is 9.75. The van der Waals surface area contributed by atoms with Gasteiger partial charge in [-0.15, -0.1) is 0 Å². The van der Waals surface area contributed by atoms with Crippen LogP contribution >= 0.6 is 0 Å². The van der Waals surface area contributed by atoms with Crippen LogP contribution < -0.4 is 9.47 Å². The highest BCUT2D eigenvalue weighted by Gasteiger charge is 2.43. The average Bonchev–Trinajstić information content (AvgIpc) is 2.91. The molecular formula is C31H43NO6S. The average molecular weight is 558 g/mol. The first kappa shape index (κ1) is 29.6. The first-order valence-corrected chi connectivity index (χ1v) is 15.3. The smallest absolute Gasteiger partial charge is 0.217 e. The normalized spacial score (nSPS) is 23.3. The Balaban J connectivity index is 1.51. The number of sulfonamides is 1. The fourth-order valence-corrected chi connectivity index (χ4v) is 7.72. The Labute approximate surface area is 233 Å². The van der Waals surface area contributed by atoms with Crippen LogP contribution in [0.3, 0.4) is 0 Å². The number of rotatable bonds is 14. The minimum atomic E-state index is -3.64. The van der Waals surface area contributed by atoms with Crippen molar-refractivity contribution < 1.29 is 27.7 Å². The van der Waals surface area contributed by atoms with Crippen LogP contribution in [0.25, 0.3) is 0 Å². The van der Waals surface area contributed by atoms with E-state index in [4.69, 9.17) is 14.2 Å². The lowest BCUT2D eigenvalue weighted by Crippen LogP contribution is -2.45. The molecule has 0 bridgehead atoms. The van der Waals surface area contributed by atoms with Gasteiger partial charge in [-0.25, -0.2) is 8.42 Å². The van der Waals surface area contributed by atoms with Gasteiger partial charge in [0.2, 0.25) is 10.0 Å². The molecule has 7 nitrogen and oxygen atoms in total. The highest BCUT2D eigenvalue weighted by atomic mass is 32.2. The standard InChI is InChI=1S/C31H43NO6S/c1-21(26-16-27(17-26)31(38-5)30-15-10-25(30)20-33)22(2)39(34,35)32(18-23-6-11-28(36-3)12-7-23)19-24-8-13-29(37-4)14-9-24/h6-9,11-14,16,21-22,25-26,30-31,33H,10,15,17-20H2,1-5H3/t21-,22-,25+,26-,30-,31+/m1/s1. The molecule has 214 valence electrons. The quantitative estimate of drug-likeness (QED) is 0.328. The van der Waals surface area contributed by atoms with E-state index >= 15 is 0 Å². The van der Waals surface area contributed by atoms with E-state index < -0.39 is 15.3 Å². The van der Waals surface area contributed by atoms with E-state index in [1.807, 2.05) is 62.4 Å². The Hall–Kier alpha value is -2.39. The van der Waals surface area contributed by atoms with Crippen LogP contribution in [-0.2, 0) is 27.8 Å². The number of allylic oxidation sites excluding steroid dienone is 1. The molecular weight excluding hydrogens is 514 g/mol. The maximum Gasteiger partial charge on any atom is 0.217 e. The highest BCUT2D eigenvalue weighted by molar-refractivity contribution is 7.89. The minimum Gasteiger partial charge on any atom is -0.497 e. The third kappa shape index (κ3) is 6.51. The molecule has 1 fully saturated rings. The molecule has 6 atom stereocenters. The van der Waals surface area contributed by atoms with Crippen molar-refractivity contribution in [3.8, 4) is 11.5 Å². The van der Waals surface area contributed by atoms with Gasteiger partial charge in [-0.3, -0.25) is 0 Å².